The van der Waals surface area contributed by atoms with Gasteiger partial charge in [-0.2, -0.15) is 4.31 Å². The van der Waals surface area contributed by atoms with Crippen LogP contribution in [0.25, 0.3) is 11.1 Å². The van der Waals surface area contributed by atoms with E-state index in [0.29, 0.717) is 44.3 Å². The molecule has 1 aliphatic rings. The van der Waals surface area contributed by atoms with Gasteiger partial charge < -0.3 is 28.4 Å². The third-order valence-corrected chi connectivity index (χ3v) is 15.5. The van der Waals surface area contributed by atoms with Gasteiger partial charge in [-0.25, -0.2) is 8.42 Å². The number of fused-ring (bicyclic) bond motifs is 1. The number of sulfonamides is 1. The first-order valence-electron chi connectivity index (χ1n) is 20.3. The Hall–Kier alpha value is -3.05. The van der Waals surface area contributed by atoms with Gasteiger partial charge in [0.15, 0.2) is 0 Å². The van der Waals surface area contributed by atoms with Gasteiger partial charge in [-0.3, -0.25) is 4.79 Å². The molecule has 0 amide bonds. The molecule has 1 aliphatic carbocycles. The van der Waals surface area contributed by atoms with E-state index < -0.39 is 38.1 Å². The molecule has 2 atom stereocenters. The molecular weight excluding hydrogens is 775 g/mol. The number of carbonyl (C=O) groups is 1. The number of methoxy groups -OCH3 is 1. The highest BCUT2D eigenvalue weighted by molar-refractivity contribution is 7.89. The number of rotatable bonds is 24. The van der Waals surface area contributed by atoms with Gasteiger partial charge in [0.2, 0.25) is 10.0 Å². The predicted octanol–water partition coefficient (Wildman–Crippen LogP) is 9.36. The van der Waals surface area contributed by atoms with Crippen LogP contribution in [0.1, 0.15) is 59.6 Å². The molecule has 0 N–H and O–H groups in total. The summed E-state index contributed by atoms with van der Waals surface area (Å²) in [6, 6.07) is 19.9. The summed E-state index contributed by atoms with van der Waals surface area (Å²) in [6.07, 6.45) is 1.51. The summed E-state index contributed by atoms with van der Waals surface area (Å²) in [5.74, 6) is 0.0989. The molecule has 316 valence electrons. The zero-order valence-electron chi connectivity index (χ0n) is 36.1. The van der Waals surface area contributed by atoms with Crippen molar-refractivity contribution in [2.45, 2.75) is 103 Å². The lowest BCUT2D eigenvalue weighted by atomic mass is 9.90. The quantitative estimate of drug-likeness (QED) is 0.0377. The van der Waals surface area contributed by atoms with Crippen LogP contribution in [0.4, 0.5) is 0 Å². The SMILES string of the molecule is CCOCCOc1cc(C)c(-c2cccc3c2CC[C@H]3Oc2ccc(C(CC(=O)OC)CS(=O)(=O)N(COCC[Si](C)(C)C)COCC[Si](C)(C)C)cc2)c(C)c1. The average Bonchev–Trinajstić information content (AvgIpc) is 3.54. The van der Waals surface area contributed by atoms with Crippen molar-refractivity contribution in [2.24, 2.45) is 0 Å². The molecule has 0 radical (unpaired) electrons. The number of hydrogen-bond acceptors (Lipinski definition) is 9. The zero-order chi connectivity index (χ0) is 41.8. The maximum atomic E-state index is 14.0. The Kier molecular flexibility index (Phi) is 17.4. The van der Waals surface area contributed by atoms with Crippen LogP contribution in [0.15, 0.2) is 54.6 Å². The Labute approximate surface area is 344 Å². The first-order chi connectivity index (χ1) is 26.9. The number of nitrogens with zero attached hydrogens (tertiary/aromatic N) is 1. The molecular formula is C44H67NO9SSi2. The molecule has 4 rings (SSSR count). The minimum atomic E-state index is -3.91. The molecule has 0 heterocycles. The monoisotopic (exact) mass is 841 g/mol. The maximum Gasteiger partial charge on any atom is 0.306 e. The minimum absolute atomic E-state index is 0.0886. The topological polar surface area (TPSA) is 110 Å². The largest absolute Gasteiger partial charge is 0.491 e. The number of benzene rings is 3. The number of hydrogen-bond donors (Lipinski definition) is 0. The van der Waals surface area contributed by atoms with Crippen LogP contribution in [0.2, 0.25) is 51.4 Å². The van der Waals surface area contributed by atoms with E-state index in [1.54, 1.807) is 0 Å². The van der Waals surface area contributed by atoms with Crippen LogP contribution in [0.3, 0.4) is 0 Å². The Balaban J connectivity index is 1.50. The number of carbonyl (C=O) groups excluding carboxylic acids is 1. The number of esters is 1. The van der Waals surface area contributed by atoms with E-state index in [1.807, 2.05) is 31.2 Å². The fourth-order valence-electron chi connectivity index (χ4n) is 6.95. The van der Waals surface area contributed by atoms with Crippen molar-refractivity contribution in [3.63, 3.8) is 0 Å². The number of ether oxygens (including phenoxy) is 6. The molecule has 57 heavy (non-hydrogen) atoms. The van der Waals surface area contributed by atoms with Crippen molar-refractivity contribution in [3.05, 3.63) is 82.4 Å². The van der Waals surface area contributed by atoms with Crippen LogP contribution in [-0.2, 0) is 40.2 Å². The van der Waals surface area contributed by atoms with Gasteiger partial charge in [-0.15, -0.1) is 0 Å². The summed E-state index contributed by atoms with van der Waals surface area (Å²) in [6.45, 7) is 22.3. The van der Waals surface area contributed by atoms with E-state index >= 15 is 0 Å². The van der Waals surface area contributed by atoms with E-state index in [1.165, 1.54) is 33.7 Å². The molecule has 1 unspecified atom stereocenters. The van der Waals surface area contributed by atoms with Crippen LogP contribution in [0.5, 0.6) is 11.5 Å². The fourth-order valence-corrected chi connectivity index (χ4v) is 9.97. The molecule has 0 aromatic heterocycles. The second-order valence-corrected chi connectivity index (χ2v) is 30.7. The molecule has 0 saturated carbocycles. The summed E-state index contributed by atoms with van der Waals surface area (Å²) < 4.78 is 64.1. The van der Waals surface area contributed by atoms with Crippen molar-refractivity contribution < 1.29 is 41.6 Å². The zero-order valence-corrected chi connectivity index (χ0v) is 38.9. The first kappa shape index (κ1) is 46.6. The van der Waals surface area contributed by atoms with E-state index in [2.05, 4.69) is 83.5 Å². The summed E-state index contributed by atoms with van der Waals surface area (Å²) in [4.78, 5) is 12.6. The Bertz CT molecular complexity index is 1810. The lowest BCUT2D eigenvalue weighted by molar-refractivity contribution is -0.140. The summed E-state index contributed by atoms with van der Waals surface area (Å²) in [5.41, 5.74) is 7.92. The molecule has 3 aromatic rings. The van der Waals surface area contributed by atoms with E-state index in [9.17, 15) is 13.2 Å². The Morgan fingerprint density at radius 1 is 0.825 bits per heavy atom. The highest BCUT2D eigenvalue weighted by atomic mass is 32.2. The minimum Gasteiger partial charge on any atom is -0.491 e. The number of aryl methyl sites for hydroxylation is 2. The van der Waals surface area contributed by atoms with Gasteiger partial charge in [0.05, 0.1) is 25.9 Å². The summed E-state index contributed by atoms with van der Waals surface area (Å²) in [7, 11) is -5.33. The van der Waals surface area contributed by atoms with E-state index in [4.69, 9.17) is 28.4 Å². The molecule has 3 aromatic carbocycles. The van der Waals surface area contributed by atoms with E-state index in [-0.39, 0.29) is 31.7 Å². The van der Waals surface area contributed by atoms with Crippen LogP contribution in [0, 0.1) is 13.8 Å². The summed E-state index contributed by atoms with van der Waals surface area (Å²) in [5, 5.41) is 0. The second kappa shape index (κ2) is 21.3. The third kappa shape index (κ3) is 14.6. The van der Waals surface area contributed by atoms with Gasteiger partial charge in [0.25, 0.3) is 0 Å². The van der Waals surface area contributed by atoms with Gasteiger partial charge >= 0.3 is 5.97 Å². The Morgan fingerprint density at radius 3 is 2.00 bits per heavy atom. The molecule has 0 aliphatic heterocycles. The van der Waals surface area contributed by atoms with Crippen molar-refractivity contribution in [1.29, 1.82) is 0 Å². The van der Waals surface area contributed by atoms with Crippen LogP contribution >= 0.6 is 0 Å². The second-order valence-electron chi connectivity index (χ2n) is 17.5. The lowest BCUT2D eigenvalue weighted by Crippen LogP contribution is -2.39. The van der Waals surface area contributed by atoms with Gasteiger partial charge in [0.1, 0.15) is 37.7 Å². The third-order valence-electron chi connectivity index (χ3n) is 10.2. The first-order valence-corrected chi connectivity index (χ1v) is 29.3. The predicted molar refractivity (Wildman–Crippen MR) is 234 cm³/mol. The molecule has 13 heteroatoms. The van der Waals surface area contributed by atoms with Crippen LogP contribution in [-0.4, -0.2) is 94.2 Å². The molecule has 0 fully saturated rings. The van der Waals surface area contributed by atoms with Gasteiger partial charge in [0, 0.05) is 41.9 Å². The normalized spacial score (nSPS) is 15.1. The highest BCUT2D eigenvalue weighted by Crippen LogP contribution is 2.42. The van der Waals surface area contributed by atoms with Crippen molar-refractivity contribution >= 4 is 32.1 Å². The lowest BCUT2D eigenvalue weighted by Gasteiger charge is -2.26. The molecule has 0 saturated heterocycles. The van der Waals surface area contributed by atoms with Crippen LogP contribution < -0.4 is 9.47 Å². The van der Waals surface area contributed by atoms with Crippen molar-refractivity contribution in [3.8, 4) is 22.6 Å². The summed E-state index contributed by atoms with van der Waals surface area (Å²) >= 11 is 0. The fraction of sp³-hybridized carbons (Fsp3) is 0.568. The standard InChI is InChI=1S/C44H67NO9SSi2/c1-11-50-21-22-53-38-27-33(2)44(34(3)28-38)41-14-12-13-40-39(41)19-20-42(40)54-37-17-15-35(16-18-37)36(29-43(46)49-4)30-55(47,48)45(31-51-23-25-56(5,6)7)32-52-24-26-57(8,9)10/h12-18,27-28,36,42H,11,19-26,29-32H2,1-10H3/t36?,42-/m1/s1. The van der Waals surface area contributed by atoms with E-state index in [0.717, 1.165) is 41.8 Å². The maximum absolute atomic E-state index is 14.0. The smallest absolute Gasteiger partial charge is 0.306 e. The van der Waals surface area contributed by atoms with Crippen molar-refractivity contribution in [2.75, 3.05) is 59.4 Å². The average molecular weight is 842 g/mol. The van der Waals surface area contributed by atoms with Gasteiger partial charge in [-0.05, 0) is 109 Å². The van der Waals surface area contributed by atoms with Crippen molar-refractivity contribution in [1.82, 2.24) is 4.31 Å². The molecule has 0 bridgehead atoms. The highest BCUT2D eigenvalue weighted by Gasteiger charge is 2.31. The molecule has 10 nitrogen and oxygen atoms in total. The van der Waals surface area contributed by atoms with Gasteiger partial charge in [-0.1, -0.05) is 69.6 Å². The molecule has 0 spiro atoms. The Morgan fingerprint density at radius 2 is 1.44 bits per heavy atom.